The zero-order valence-electron chi connectivity index (χ0n) is 12.5. The number of amides is 1. The van der Waals surface area contributed by atoms with Gasteiger partial charge in [-0.25, -0.2) is 4.98 Å². The Kier molecular flexibility index (Phi) is 4.19. The van der Waals surface area contributed by atoms with Gasteiger partial charge in [0, 0.05) is 15.6 Å². The van der Waals surface area contributed by atoms with Crippen LogP contribution in [0, 0.1) is 6.92 Å². The number of halogens is 1. The van der Waals surface area contributed by atoms with Crippen molar-refractivity contribution < 1.29 is 4.79 Å². The van der Waals surface area contributed by atoms with Gasteiger partial charge in [-0.05, 0) is 44.2 Å². The van der Waals surface area contributed by atoms with Gasteiger partial charge in [-0.2, -0.15) is 0 Å². The van der Waals surface area contributed by atoms with Crippen LogP contribution in [-0.2, 0) is 4.79 Å². The molecule has 118 valence electrons. The number of rotatable bonds is 3. The molecule has 3 aromatic rings. The van der Waals surface area contributed by atoms with Crippen molar-refractivity contribution in [1.82, 2.24) is 9.55 Å². The molecule has 0 spiro atoms. The Morgan fingerprint density at radius 1 is 1.35 bits per heavy atom. The number of nitrogens with one attached hydrogen (secondary N) is 1. The van der Waals surface area contributed by atoms with Crippen molar-refractivity contribution in [2.24, 2.45) is 0 Å². The lowest BCUT2D eigenvalue weighted by Gasteiger charge is -2.14. The van der Waals surface area contributed by atoms with E-state index in [1.807, 2.05) is 6.92 Å². The third-order valence-electron chi connectivity index (χ3n) is 3.51. The van der Waals surface area contributed by atoms with E-state index in [1.165, 1.54) is 22.2 Å². The largest absolute Gasteiger partial charge is 0.324 e. The molecule has 0 saturated heterocycles. The Hall–Kier alpha value is -2.18. The fourth-order valence-electron chi connectivity index (χ4n) is 2.24. The average Bonchev–Trinajstić information content (AvgIpc) is 2.91. The van der Waals surface area contributed by atoms with Crippen molar-refractivity contribution in [1.29, 1.82) is 0 Å². The number of carbonyl (C=O) groups is 1. The molecule has 7 heteroatoms. The van der Waals surface area contributed by atoms with Gasteiger partial charge in [0.05, 0.1) is 11.7 Å². The number of nitrogens with zero attached hydrogens (tertiary/aromatic N) is 2. The first-order chi connectivity index (χ1) is 11.0. The van der Waals surface area contributed by atoms with Crippen molar-refractivity contribution in [2.45, 2.75) is 19.9 Å². The van der Waals surface area contributed by atoms with E-state index in [2.05, 4.69) is 10.3 Å². The maximum Gasteiger partial charge on any atom is 0.262 e. The van der Waals surface area contributed by atoms with Gasteiger partial charge in [-0.1, -0.05) is 11.6 Å². The van der Waals surface area contributed by atoms with Crippen LogP contribution in [0.1, 0.15) is 17.8 Å². The number of carbonyl (C=O) groups excluding carboxylic acids is 1. The van der Waals surface area contributed by atoms with Gasteiger partial charge in [0.15, 0.2) is 0 Å². The number of aromatic nitrogens is 2. The molecule has 0 aliphatic rings. The summed E-state index contributed by atoms with van der Waals surface area (Å²) in [6.45, 7) is 3.59. The lowest BCUT2D eigenvalue weighted by Crippen LogP contribution is -2.31. The summed E-state index contributed by atoms with van der Waals surface area (Å²) in [4.78, 5) is 30.9. The number of hydrogen-bond acceptors (Lipinski definition) is 4. The molecule has 23 heavy (non-hydrogen) atoms. The topological polar surface area (TPSA) is 64.0 Å². The molecule has 1 atom stereocenters. The molecular formula is C16H14ClN3O2S. The van der Waals surface area contributed by atoms with E-state index in [0.29, 0.717) is 20.9 Å². The van der Waals surface area contributed by atoms with Gasteiger partial charge < -0.3 is 5.32 Å². The van der Waals surface area contributed by atoms with E-state index in [-0.39, 0.29) is 11.5 Å². The highest BCUT2D eigenvalue weighted by Gasteiger charge is 2.18. The Labute approximate surface area is 141 Å². The predicted octanol–water partition coefficient (Wildman–Crippen LogP) is 3.62. The fraction of sp³-hybridized carbons (Fsp3) is 0.188. The SMILES string of the molecule is Cc1cc2c(=O)n([C@H](C)C(=O)Nc3ccc(Cl)cc3)cnc2s1. The molecule has 2 heterocycles. The third kappa shape index (κ3) is 3.13. The zero-order valence-corrected chi connectivity index (χ0v) is 14.1. The second-order valence-electron chi connectivity index (χ2n) is 5.20. The minimum atomic E-state index is -0.671. The van der Waals surface area contributed by atoms with Gasteiger partial charge in [-0.3, -0.25) is 14.2 Å². The third-order valence-corrected chi connectivity index (χ3v) is 4.72. The zero-order chi connectivity index (χ0) is 16.6. The molecule has 0 aliphatic heterocycles. The van der Waals surface area contributed by atoms with Crippen LogP contribution >= 0.6 is 22.9 Å². The summed E-state index contributed by atoms with van der Waals surface area (Å²) < 4.78 is 1.35. The Bertz CT molecular complexity index is 931. The van der Waals surface area contributed by atoms with Crippen LogP contribution in [0.15, 0.2) is 41.5 Å². The average molecular weight is 348 g/mol. The Morgan fingerprint density at radius 3 is 2.74 bits per heavy atom. The van der Waals surface area contributed by atoms with Gasteiger partial charge >= 0.3 is 0 Å². The molecule has 3 rings (SSSR count). The summed E-state index contributed by atoms with van der Waals surface area (Å²) >= 11 is 7.28. The van der Waals surface area contributed by atoms with Gasteiger partial charge in [0.2, 0.25) is 5.91 Å². The second kappa shape index (κ2) is 6.14. The van der Waals surface area contributed by atoms with Crippen molar-refractivity contribution in [3.63, 3.8) is 0 Å². The number of fused-ring (bicyclic) bond motifs is 1. The van der Waals surface area contributed by atoms with E-state index in [1.54, 1.807) is 37.3 Å². The van der Waals surface area contributed by atoms with Gasteiger partial charge in [-0.15, -0.1) is 11.3 Å². The minimum absolute atomic E-state index is 0.210. The van der Waals surface area contributed by atoms with Crippen molar-refractivity contribution in [3.05, 3.63) is 56.9 Å². The molecule has 0 bridgehead atoms. The first-order valence-electron chi connectivity index (χ1n) is 6.99. The minimum Gasteiger partial charge on any atom is -0.324 e. The Morgan fingerprint density at radius 2 is 2.04 bits per heavy atom. The molecule has 0 fully saturated rings. The first kappa shape index (κ1) is 15.7. The van der Waals surface area contributed by atoms with Crippen LogP contribution in [0.4, 0.5) is 5.69 Å². The number of anilines is 1. The van der Waals surface area contributed by atoms with E-state index in [0.717, 1.165) is 4.88 Å². The highest BCUT2D eigenvalue weighted by molar-refractivity contribution is 7.18. The smallest absolute Gasteiger partial charge is 0.262 e. The summed E-state index contributed by atoms with van der Waals surface area (Å²) in [5.41, 5.74) is 0.415. The number of thiophene rings is 1. The van der Waals surface area contributed by atoms with Crippen molar-refractivity contribution in [2.75, 3.05) is 5.32 Å². The molecular weight excluding hydrogens is 334 g/mol. The summed E-state index contributed by atoms with van der Waals surface area (Å²) in [6, 6.07) is 7.93. The number of benzene rings is 1. The number of hydrogen-bond donors (Lipinski definition) is 1. The molecule has 5 nitrogen and oxygen atoms in total. The molecule has 0 saturated carbocycles. The van der Waals surface area contributed by atoms with E-state index in [4.69, 9.17) is 11.6 Å². The van der Waals surface area contributed by atoms with Crippen LogP contribution < -0.4 is 10.9 Å². The molecule has 1 amide bonds. The normalized spacial score (nSPS) is 12.3. The molecule has 0 radical (unpaired) electrons. The van der Waals surface area contributed by atoms with Crippen LogP contribution in [0.3, 0.4) is 0 Å². The van der Waals surface area contributed by atoms with Gasteiger partial charge in [0.25, 0.3) is 5.56 Å². The van der Waals surface area contributed by atoms with Crippen molar-refractivity contribution >= 4 is 44.7 Å². The highest BCUT2D eigenvalue weighted by Crippen LogP contribution is 2.20. The van der Waals surface area contributed by atoms with Crippen LogP contribution in [0.5, 0.6) is 0 Å². The van der Waals surface area contributed by atoms with Crippen LogP contribution in [-0.4, -0.2) is 15.5 Å². The lowest BCUT2D eigenvalue weighted by atomic mass is 10.2. The summed E-state index contributed by atoms with van der Waals surface area (Å²) in [5, 5.41) is 3.90. The summed E-state index contributed by atoms with van der Waals surface area (Å²) in [7, 11) is 0. The quantitative estimate of drug-likeness (QED) is 0.787. The van der Waals surface area contributed by atoms with Gasteiger partial charge in [0.1, 0.15) is 10.9 Å². The van der Waals surface area contributed by atoms with Crippen molar-refractivity contribution in [3.8, 4) is 0 Å². The summed E-state index contributed by atoms with van der Waals surface area (Å²) in [6.07, 6.45) is 1.42. The molecule has 1 aromatic carbocycles. The Balaban J connectivity index is 1.88. The highest BCUT2D eigenvalue weighted by atomic mass is 35.5. The predicted molar refractivity (Wildman–Crippen MR) is 93.4 cm³/mol. The number of aryl methyl sites for hydroxylation is 1. The van der Waals surface area contributed by atoms with Crippen LogP contribution in [0.25, 0.3) is 10.2 Å². The van der Waals surface area contributed by atoms with E-state index < -0.39 is 6.04 Å². The molecule has 2 aromatic heterocycles. The second-order valence-corrected chi connectivity index (χ2v) is 6.88. The standard InChI is InChI=1S/C16H14ClN3O2S/c1-9-7-13-15(23-9)18-8-20(16(13)22)10(2)14(21)19-12-5-3-11(17)4-6-12/h3-8,10H,1-2H3,(H,19,21)/t10-/m1/s1. The fourth-order valence-corrected chi connectivity index (χ4v) is 3.20. The molecule has 0 unspecified atom stereocenters. The molecule has 1 N–H and O–H groups in total. The van der Waals surface area contributed by atoms with E-state index >= 15 is 0 Å². The lowest BCUT2D eigenvalue weighted by molar-refractivity contribution is -0.118. The molecule has 0 aliphatic carbocycles. The maximum absolute atomic E-state index is 12.5. The maximum atomic E-state index is 12.5. The van der Waals surface area contributed by atoms with Crippen LogP contribution in [0.2, 0.25) is 5.02 Å². The van der Waals surface area contributed by atoms with E-state index in [9.17, 15) is 9.59 Å². The summed E-state index contributed by atoms with van der Waals surface area (Å²) in [5.74, 6) is -0.289. The monoisotopic (exact) mass is 347 g/mol. The first-order valence-corrected chi connectivity index (χ1v) is 8.19.